The summed E-state index contributed by atoms with van der Waals surface area (Å²) in [4.78, 5) is 0. The molecule has 0 spiro atoms. The zero-order valence-corrected chi connectivity index (χ0v) is 36.3. The van der Waals surface area contributed by atoms with E-state index in [0.29, 0.717) is 5.92 Å². The first-order chi connectivity index (χ1) is 23.8. The second-order valence-electron chi connectivity index (χ2n) is 14.4. The summed E-state index contributed by atoms with van der Waals surface area (Å²) in [5.41, 5.74) is 12.4. The van der Waals surface area contributed by atoms with E-state index in [-0.39, 0.29) is 5.41 Å². The van der Waals surface area contributed by atoms with Crippen molar-refractivity contribution in [3.8, 4) is 22.3 Å². The van der Waals surface area contributed by atoms with Crippen LogP contribution in [0.25, 0.3) is 54.6 Å². The van der Waals surface area contributed by atoms with E-state index in [4.69, 9.17) is 17.0 Å². The SMILES string of the molecule is CC(C)c1cc2c(-c3ccc(C(C)(C)C)cc3)cccc2[cH-]1.C[Si]C.Cc1cc2c(-c3cccc4ccccc34)cc(C)c(C)c2[cH-]1.[Cl][Zr+2][Cl]. The van der Waals surface area contributed by atoms with Gasteiger partial charge in [-0.3, -0.25) is 0 Å². The van der Waals surface area contributed by atoms with Crippen LogP contribution in [0.3, 0.4) is 0 Å². The number of benzene rings is 5. The van der Waals surface area contributed by atoms with E-state index in [1.165, 1.54) is 82.4 Å². The van der Waals surface area contributed by atoms with Gasteiger partial charge >= 0.3 is 37.9 Å². The molecule has 0 atom stereocenters. The molecule has 0 amide bonds. The van der Waals surface area contributed by atoms with Crippen molar-refractivity contribution in [3.63, 3.8) is 0 Å². The summed E-state index contributed by atoms with van der Waals surface area (Å²) in [6.07, 6.45) is 0. The number of aryl methyl sites for hydroxylation is 3. The summed E-state index contributed by atoms with van der Waals surface area (Å²) in [5.74, 6) is 0.573. The summed E-state index contributed by atoms with van der Waals surface area (Å²) in [6, 6.07) is 42.6. The van der Waals surface area contributed by atoms with Crippen LogP contribution in [0.15, 0.2) is 115 Å². The third-order valence-corrected chi connectivity index (χ3v) is 9.26. The summed E-state index contributed by atoms with van der Waals surface area (Å²) in [5, 5.41) is 8.11. The number of hydrogen-bond donors (Lipinski definition) is 0. The Labute approximate surface area is 322 Å². The van der Waals surface area contributed by atoms with Crippen LogP contribution in [0, 0.1) is 20.8 Å². The fraction of sp³-hybridized carbons (Fsp3) is 0.261. The Morgan fingerprint density at radius 2 is 1.26 bits per heavy atom. The van der Waals surface area contributed by atoms with E-state index in [0.717, 1.165) is 9.52 Å². The molecule has 7 aromatic carbocycles. The number of hydrogen-bond acceptors (Lipinski definition) is 0. The van der Waals surface area contributed by atoms with Crippen LogP contribution < -0.4 is 0 Å². The average molecular weight is 793 g/mol. The Morgan fingerprint density at radius 1 is 0.660 bits per heavy atom. The molecule has 0 unspecified atom stereocenters. The van der Waals surface area contributed by atoms with Gasteiger partial charge < -0.3 is 0 Å². The van der Waals surface area contributed by atoms with E-state index in [9.17, 15) is 0 Å². The molecular weight excluding hydrogens is 743 g/mol. The predicted octanol–water partition coefficient (Wildman–Crippen LogP) is 15.1. The molecule has 0 heterocycles. The van der Waals surface area contributed by atoms with Gasteiger partial charge in [0, 0.05) is 9.52 Å². The van der Waals surface area contributed by atoms with Crippen LogP contribution in [0.2, 0.25) is 13.1 Å². The van der Waals surface area contributed by atoms with E-state index in [1.54, 1.807) is 0 Å². The minimum absolute atomic E-state index is 0.204. The number of rotatable bonds is 3. The second kappa shape index (κ2) is 18.1. The predicted molar refractivity (Wildman–Crippen MR) is 224 cm³/mol. The normalized spacial score (nSPS) is 11.0. The summed E-state index contributed by atoms with van der Waals surface area (Å²) in [6.45, 7) is 22.2. The van der Waals surface area contributed by atoms with Crippen LogP contribution in [-0.4, -0.2) is 9.52 Å². The van der Waals surface area contributed by atoms with Crippen molar-refractivity contribution in [2.45, 2.75) is 79.8 Å². The molecule has 0 bridgehead atoms. The van der Waals surface area contributed by atoms with Crippen LogP contribution in [0.1, 0.15) is 68.4 Å². The first-order valence-corrected chi connectivity index (χ1v) is 25.7. The van der Waals surface area contributed by atoms with Crippen molar-refractivity contribution < 1.29 is 20.8 Å². The standard InChI is InChI=1S/C22H19.C22H25.C2H6Si.2ClH.Zr/c1-14-11-20-16(3)15(2)13-22(21(20)12-14)19-10-6-8-17-7-4-5-9-18(17)19;1-15(2)18-13-17-7-6-8-20(21(17)14-18)16-9-11-19(12-10-16)22(3,4)5;1-3-2;;;/h4-13H,1-3H3;6-15H,1-5H3;1-2H3;2*1H;/q2*-1;;;;+4/p-2. The van der Waals surface area contributed by atoms with Gasteiger partial charge in [0.2, 0.25) is 0 Å². The molecule has 50 heavy (non-hydrogen) atoms. The molecule has 0 fully saturated rings. The van der Waals surface area contributed by atoms with Crippen LogP contribution in [0.5, 0.6) is 0 Å². The van der Waals surface area contributed by atoms with Crippen molar-refractivity contribution in [1.29, 1.82) is 0 Å². The zero-order chi connectivity index (χ0) is 36.6. The zero-order valence-electron chi connectivity index (χ0n) is 31.3. The third-order valence-electron chi connectivity index (χ3n) is 9.26. The molecule has 0 aromatic heterocycles. The first kappa shape index (κ1) is 40.0. The fourth-order valence-corrected chi connectivity index (χ4v) is 6.48. The number of fused-ring (bicyclic) bond motifs is 3. The van der Waals surface area contributed by atoms with Crippen molar-refractivity contribution >= 4 is 58.9 Å². The van der Waals surface area contributed by atoms with Gasteiger partial charge in [-0.25, -0.2) is 0 Å². The topological polar surface area (TPSA) is 0 Å². The Morgan fingerprint density at radius 3 is 1.90 bits per heavy atom. The molecule has 256 valence electrons. The van der Waals surface area contributed by atoms with Crippen LogP contribution >= 0.6 is 17.0 Å². The Hall–Kier alpha value is -2.74. The number of halogens is 2. The van der Waals surface area contributed by atoms with Gasteiger partial charge in [-0.05, 0) is 45.7 Å². The molecular formula is C46H50Cl2SiZr. The van der Waals surface area contributed by atoms with E-state index < -0.39 is 20.8 Å². The molecule has 0 N–H and O–H groups in total. The molecule has 0 aliphatic heterocycles. The molecule has 7 aromatic rings. The maximum absolute atomic E-state index is 4.93. The van der Waals surface area contributed by atoms with Crippen molar-refractivity contribution in [1.82, 2.24) is 0 Å². The van der Waals surface area contributed by atoms with Crippen LogP contribution in [-0.2, 0) is 26.3 Å². The van der Waals surface area contributed by atoms with Gasteiger partial charge in [0.05, 0.1) is 0 Å². The average Bonchev–Trinajstić information content (AvgIpc) is 3.71. The molecule has 0 aliphatic carbocycles. The Balaban J connectivity index is 0.000000195. The second-order valence-corrected chi connectivity index (χ2v) is 19.1. The molecule has 0 saturated heterocycles. The Kier molecular flexibility index (Phi) is 14.5. The van der Waals surface area contributed by atoms with Crippen molar-refractivity contribution in [2.75, 3.05) is 0 Å². The van der Waals surface area contributed by atoms with Gasteiger partial charge in [-0.2, -0.15) is 12.1 Å². The molecule has 7 rings (SSSR count). The van der Waals surface area contributed by atoms with E-state index in [1.807, 2.05) is 0 Å². The maximum atomic E-state index is 4.93. The van der Waals surface area contributed by atoms with Crippen molar-refractivity contribution in [2.24, 2.45) is 0 Å². The molecule has 0 nitrogen and oxygen atoms in total. The summed E-state index contributed by atoms with van der Waals surface area (Å²) in [7, 11) is 11.0. The van der Waals surface area contributed by atoms with Gasteiger partial charge in [0.15, 0.2) is 0 Å². The van der Waals surface area contributed by atoms with Crippen molar-refractivity contribution in [3.05, 3.63) is 143 Å². The minimum atomic E-state index is -0.826. The molecule has 2 radical (unpaired) electrons. The Bertz CT molecular complexity index is 2130. The van der Waals surface area contributed by atoms with E-state index in [2.05, 4.69) is 184 Å². The first-order valence-electron chi connectivity index (χ1n) is 17.3. The van der Waals surface area contributed by atoms with Crippen LogP contribution in [0.4, 0.5) is 0 Å². The van der Waals surface area contributed by atoms with Gasteiger partial charge in [-0.1, -0.05) is 157 Å². The summed E-state index contributed by atoms with van der Waals surface area (Å²) < 4.78 is 0. The van der Waals surface area contributed by atoms with E-state index >= 15 is 0 Å². The van der Waals surface area contributed by atoms with Gasteiger partial charge in [-0.15, -0.1) is 62.5 Å². The monoisotopic (exact) mass is 790 g/mol. The summed E-state index contributed by atoms with van der Waals surface area (Å²) >= 11 is -0.826. The van der Waals surface area contributed by atoms with Gasteiger partial charge in [0.1, 0.15) is 0 Å². The molecule has 0 saturated carbocycles. The molecule has 4 heteroatoms. The third kappa shape index (κ3) is 9.57. The molecule has 0 aliphatic rings. The van der Waals surface area contributed by atoms with Gasteiger partial charge in [0.25, 0.3) is 0 Å². The fourth-order valence-electron chi connectivity index (χ4n) is 6.48. The quantitative estimate of drug-likeness (QED) is 0.123.